The Hall–Kier alpha value is -1.88. The van der Waals surface area contributed by atoms with E-state index in [4.69, 9.17) is 4.74 Å². The third kappa shape index (κ3) is 2.61. The maximum Gasteiger partial charge on any atom is 0.340 e. The summed E-state index contributed by atoms with van der Waals surface area (Å²) in [7, 11) is 2.18. The highest BCUT2D eigenvalue weighted by Gasteiger charge is 2.38. The summed E-state index contributed by atoms with van der Waals surface area (Å²) >= 11 is 0. The standard InChI is InChI=1S/C19H23FN2O2/c1-11-18(16-8-12(20)6-7-17(16)21-11)19(23)24-15-9-13-4-3-5-14(10-15)22(13)2/h6-8,13-15,21H,3-5,9-10H2,1-2H3. The fourth-order valence-electron chi connectivity index (χ4n) is 4.43. The maximum atomic E-state index is 13.6. The number of aromatic nitrogens is 1. The summed E-state index contributed by atoms with van der Waals surface area (Å²) < 4.78 is 19.4. The van der Waals surface area contributed by atoms with Crippen molar-refractivity contribution >= 4 is 16.9 Å². The number of piperidine rings is 2. The minimum absolute atomic E-state index is 0.0399. The molecule has 2 fully saturated rings. The van der Waals surface area contributed by atoms with E-state index in [2.05, 4.69) is 16.9 Å². The molecule has 0 amide bonds. The number of benzene rings is 1. The Kier molecular flexibility index (Phi) is 3.83. The molecule has 1 aromatic carbocycles. The SMILES string of the molecule is Cc1[nH]c2ccc(F)cc2c1C(=O)OC1CC2CCCC(C1)N2C. The second-order valence-corrected chi connectivity index (χ2v) is 7.22. The normalized spacial score (nSPS) is 27.4. The third-order valence-electron chi connectivity index (χ3n) is 5.72. The van der Waals surface area contributed by atoms with E-state index in [-0.39, 0.29) is 17.9 Å². The number of ether oxygens (including phenoxy) is 1. The molecule has 24 heavy (non-hydrogen) atoms. The van der Waals surface area contributed by atoms with Crippen LogP contribution in [0.4, 0.5) is 4.39 Å². The highest BCUT2D eigenvalue weighted by Crippen LogP contribution is 2.34. The predicted octanol–water partition coefficient (Wildman–Crippen LogP) is 3.79. The molecule has 0 saturated carbocycles. The lowest BCUT2D eigenvalue weighted by molar-refractivity contribution is -0.0318. The minimum atomic E-state index is -0.343. The van der Waals surface area contributed by atoms with Crippen LogP contribution in [0, 0.1) is 12.7 Å². The van der Waals surface area contributed by atoms with Crippen LogP contribution in [-0.2, 0) is 4.74 Å². The van der Waals surface area contributed by atoms with Crippen molar-refractivity contribution in [3.63, 3.8) is 0 Å². The zero-order valence-corrected chi connectivity index (χ0v) is 14.1. The number of halogens is 1. The Bertz CT molecular complexity index is 771. The molecule has 0 radical (unpaired) electrons. The van der Waals surface area contributed by atoms with Crippen molar-refractivity contribution in [2.45, 2.75) is 57.2 Å². The molecule has 0 spiro atoms. The fourth-order valence-corrected chi connectivity index (χ4v) is 4.43. The number of fused-ring (bicyclic) bond motifs is 3. The molecule has 1 aromatic heterocycles. The lowest BCUT2D eigenvalue weighted by Crippen LogP contribution is -2.52. The van der Waals surface area contributed by atoms with Gasteiger partial charge in [-0.15, -0.1) is 0 Å². The van der Waals surface area contributed by atoms with Crippen LogP contribution in [0.5, 0.6) is 0 Å². The van der Waals surface area contributed by atoms with Crippen LogP contribution in [0.25, 0.3) is 10.9 Å². The topological polar surface area (TPSA) is 45.3 Å². The number of carbonyl (C=O) groups is 1. The van der Waals surface area contributed by atoms with Gasteiger partial charge in [0.2, 0.25) is 0 Å². The van der Waals surface area contributed by atoms with Crippen molar-refractivity contribution < 1.29 is 13.9 Å². The lowest BCUT2D eigenvalue weighted by Gasteiger charge is -2.46. The number of aryl methyl sites for hydroxylation is 1. The van der Waals surface area contributed by atoms with Gasteiger partial charge in [0, 0.05) is 41.5 Å². The van der Waals surface area contributed by atoms with Crippen molar-refractivity contribution in [3.8, 4) is 0 Å². The van der Waals surface area contributed by atoms with Crippen LogP contribution < -0.4 is 0 Å². The highest BCUT2D eigenvalue weighted by atomic mass is 19.1. The summed E-state index contributed by atoms with van der Waals surface area (Å²) in [5, 5.41) is 0.602. The Morgan fingerprint density at radius 1 is 1.29 bits per heavy atom. The second-order valence-electron chi connectivity index (χ2n) is 7.22. The van der Waals surface area contributed by atoms with Gasteiger partial charge in [0.1, 0.15) is 11.9 Å². The Morgan fingerprint density at radius 3 is 2.71 bits per heavy atom. The first-order valence-electron chi connectivity index (χ1n) is 8.73. The Balaban J connectivity index is 1.57. The highest BCUT2D eigenvalue weighted by molar-refractivity contribution is 6.05. The Morgan fingerprint density at radius 2 is 2.00 bits per heavy atom. The van der Waals surface area contributed by atoms with Crippen LogP contribution in [-0.4, -0.2) is 41.1 Å². The largest absolute Gasteiger partial charge is 0.459 e. The molecule has 5 heteroatoms. The van der Waals surface area contributed by atoms with Gasteiger partial charge < -0.3 is 14.6 Å². The number of carbonyl (C=O) groups excluding carboxylic acids is 1. The smallest absolute Gasteiger partial charge is 0.340 e. The van der Waals surface area contributed by atoms with Gasteiger partial charge in [0.15, 0.2) is 0 Å². The number of H-pyrrole nitrogens is 1. The molecule has 0 aliphatic carbocycles. The fraction of sp³-hybridized carbons (Fsp3) is 0.526. The summed E-state index contributed by atoms with van der Waals surface area (Å²) in [6.07, 6.45) is 5.38. The number of nitrogens with zero attached hydrogens (tertiary/aromatic N) is 1. The summed E-state index contributed by atoms with van der Waals surface area (Å²) in [4.78, 5) is 18.3. The monoisotopic (exact) mass is 330 g/mol. The predicted molar refractivity (Wildman–Crippen MR) is 90.6 cm³/mol. The number of nitrogens with one attached hydrogen (secondary N) is 1. The maximum absolute atomic E-state index is 13.6. The van der Waals surface area contributed by atoms with Gasteiger partial charge in [-0.05, 0) is 45.0 Å². The molecule has 2 atom stereocenters. The number of rotatable bonds is 2. The number of hydrogen-bond acceptors (Lipinski definition) is 3. The van der Waals surface area contributed by atoms with Crippen LogP contribution in [0.15, 0.2) is 18.2 Å². The lowest BCUT2D eigenvalue weighted by atomic mass is 9.83. The van der Waals surface area contributed by atoms with E-state index in [1.165, 1.54) is 31.4 Å². The zero-order valence-electron chi connectivity index (χ0n) is 14.1. The van der Waals surface area contributed by atoms with Crippen molar-refractivity contribution in [1.82, 2.24) is 9.88 Å². The van der Waals surface area contributed by atoms with Gasteiger partial charge in [0.25, 0.3) is 0 Å². The molecule has 4 nitrogen and oxygen atoms in total. The van der Waals surface area contributed by atoms with Gasteiger partial charge in [-0.25, -0.2) is 9.18 Å². The first kappa shape index (κ1) is 15.6. The molecule has 2 bridgehead atoms. The second kappa shape index (κ2) is 5.88. The molecule has 2 aliphatic rings. The van der Waals surface area contributed by atoms with Crippen LogP contribution >= 0.6 is 0 Å². The molecular formula is C19H23FN2O2. The molecule has 4 rings (SSSR count). The third-order valence-corrected chi connectivity index (χ3v) is 5.72. The van der Waals surface area contributed by atoms with Crippen molar-refractivity contribution in [2.75, 3.05) is 7.05 Å². The quantitative estimate of drug-likeness (QED) is 0.852. The summed E-state index contributed by atoms with van der Waals surface area (Å²) in [6.45, 7) is 1.83. The minimum Gasteiger partial charge on any atom is -0.459 e. The number of esters is 1. The van der Waals surface area contributed by atoms with E-state index in [1.807, 2.05) is 6.92 Å². The number of hydrogen-bond donors (Lipinski definition) is 1. The summed E-state index contributed by atoms with van der Waals surface area (Å²) in [6, 6.07) is 5.48. The molecule has 2 saturated heterocycles. The first-order valence-corrected chi connectivity index (χ1v) is 8.73. The van der Waals surface area contributed by atoms with Gasteiger partial charge >= 0.3 is 5.97 Å². The molecular weight excluding hydrogens is 307 g/mol. The van der Waals surface area contributed by atoms with E-state index in [0.29, 0.717) is 23.0 Å². The van der Waals surface area contributed by atoms with Crippen molar-refractivity contribution in [2.24, 2.45) is 0 Å². The van der Waals surface area contributed by atoms with Crippen molar-refractivity contribution in [3.05, 3.63) is 35.3 Å². The van der Waals surface area contributed by atoms with Gasteiger partial charge in [0.05, 0.1) is 5.56 Å². The molecule has 2 unspecified atom stereocenters. The van der Waals surface area contributed by atoms with Gasteiger partial charge in [-0.1, -0.05) is 6.42 Å². The van der Waals surface area contributed by atoms with E-state index in [1.54, 1.807) is 6.07 Å². The number of aromatic amines is 1. The Labute approximate surface area is 141 Å². The van der Waals surface area contributed by atoms with Gasteiger partial charge in [-0.2, -0.15) is 0 Å². The van der Waals surface area contributed by atoms with E-state index in [0.717, 1.165) is 24.1 Å². The molecule has 2 aliphatic heterocycles. The van der Waals surface area contributed by atoms with Crippen LogP contribution in [0.2, 0.25) is 0 Å². The van der Waals surface area contributed by atoms with Crippen molar-refractivity contribution in [1.29, 1.82) is 0 Å². The molecule has 2 aromatic rings. The van der Waals surface area contributed by atoms with Gasteiger partial charge in [-0.3, -0.25) is 0 Å². The first-order chi connectivity index (χ1) is 11.5. The average molecular weight is 330 g/mol. The van der Waals surface area contributed by atoms with E-state index in [9.17, 15) is 9.18 Å². The van der Waals surface area contributed by atoms with E-state index < -0.39 is 0 Å². The van der Waals surface area contributed by atoms with E-state index >= 15 is 0 Å². The molecule has 3 heterocycles. The van der Waals surface area contributed by atoms with Crippen LogP contribution in [0.1, 0.15) is 48.2 Å². The molecule has 1 N–H and O–H groups in total. The molecule has 128 valence electrons. The summed E-state index contributed by atoms with van der Waals surface area (Å²) in [5.41, 5.74) is 1.96. The van der Waals surface area contributed by atoms with Crippen LogP contribution in [0.3, 0.4) is 0 Å². The average Bonchev–Trinajstić information content (AvgIpc) is 2.83. The zero-order chi connectivity index (χ0) is 16.8. The summed E-state index contributed by atoms with van der Waals surface area (Å²) in [5.74, 6) is -0.679.